The average molecular weight is 701 g/mol. The number of hydrogen-bond acceptors (Lipinski definition) is 9. The first-order valence-electron chi connectivity index (χ1n) is 17.8. The van der Waals surface area contributed by atoms with Crippen LogP contribution in [0.3, 0.4) is 0 Å². The Hall–Kier alpha value is -5.48. The number of amides is 1. The predicted molar refractivity (Wildman–Crippen MR) is 200 cm³/mol. The largest absolute Gasteiger partial charge is 0.507 e. The third kappa shape index (κ3) is 6.32. The number of allylic oxidation sites excluding steroid dienone is 4. The number of ketones is 1. The smallest absolute Gasteiger partial charge is 0.410 e. The van der Waals surface area contributed by atoms with E-state index in [4.69, 9.17) is 20.3 Å². The molecule has 7 rings (SSSR count). The van der Waals surface area contributed by atoms with Crippen LogP contribution in [0.4, 0.5) is 4.79 Å². The number of benzene rings is 3. The zero-order valence-electron chi connectivity index (χ0n) is 29.8. The van der Waals surface area contributed by atoms with Gasteiger partial charge in [0.05, 0.1) is 29.5 Å². The number of rotatable bonds is 7. The molecule has 1 aliphatic heterocycles. The molecular formula is C42H44N4O6. The summed E-state index contributed by atoms with van der Waals surface area (Å²) in [6.07, 6.45) is 9.98. The van der Waals surface area contributed by atoms with Crippen LogP contribution in [0.2, 0.25) is 0 Å². The van der Waals surface area contributed by atoms with Crippen molar-refractivity contribution in [1.82, 2.24) is 9.80 Å². The van der Waals surface area contributed by atoms with E-state index in [1.165, 1.54) is 18.2 Å². The molecule has 1 saturated heterocycles. The van der Waals surface area contributed by atoms with E-state index in [0.29, 0.717) is 80.1 Å². The molecule has 1 unspecified atom stereocenters. The van der Waals surface area contributed by atoms with E-state index in [0.717, 1.165) is 12.0 Å². The van der Waals surface area contributed by atoms with Gasteiger partial charge < -0.3 is 30.0 Å². The van der Waals surface area contributed by atoms with Gasteiger partial charge >= 0.3 is 6.09 Å². The first-order valence-corrected chi connectivity index (χ1v) is 17.8. The quantitative estimate of drug-likeness (QED) is 0.124. The fourth-order valence-electron chi connectivity index (χ4n) is 7.85. The van der Waals surface area contributed by atoms with Crippen LogP contribution in [-0.4, -0.2) is 88.7 Å². The molecule has 0 aromatic heterocycles. The van der Waals surface area contributed by atoms with E-state index < -0.39 is 11.4 Å². The van der Waals surface area contributed by atoms with E-state index in [1.807, 2.05) is 44.2 Å². The van der Waals surface area contributed by atoms with Crippen molar-refractivity contribution in [3.05, 3.63) is 117 Å². The van der Waals surface area contributed by atoms with Crippen LogP contribution in [0.25, 0.3) is 5.57 Å². The first kappa shape index (κ1) is 34.9. The SMILES string of the molecule is COc1cccc2c1C(=N)c1c(O)c3c(c(O)c1C2=O)CC(C(=N)CN1CCN(C(=O)OC(C)(C)C2=CC=C(c4ccccc4)CC=C2)CC1)CC3. The maximum atomic E-state index is 13.6. The maximum absolute atomic E-state index is 13.6. The van der Waals surface area contributed by atoms with Gasteiger partial charge in [-0.05, 0) is 62.3 Å². The molecule has 0 radical (unpaired) electrons. The number of piperazine rings is 1. The van der Waals surface area contributed by atoms with Crippen molar-refractivity contribution in [3.8, 4) is 17.2 Å². The Morgan fingerprint density at radius 3 is 2.40 bits per heavy atom. The number of phenols is 2. The fourth-order valence-corrected chi connectivity index (χ4v) is 7.85. The van der Waals surface area contributed by atoms with Crippen molar-refractivity contribution in [2.45, 2.75) is 45.1 Å². The second-order valence-electron chi connectivity index (χ2n) is 14.4. The standard InChI is InChI=1S/C42H44N4O6/c1-42(2,28-12-7-11-26(15-17-28)25-9-5-4-6-10-25)52-41(50)46-21-19-45(20-22-46)24-32(43)27-16-18-29-31(23-27)40(49)36-35(38(29)47)37(44)34-30(39(36)48)13-8-14-33(34)51-3/h4-10,12-15,17,27,43-44,47,49H,11,16,18-24H2,1-3H3. The summed E-state index contributed by atoms with van der Waals surface area (Å²) in [7, 11) is 1.46. The van der Waals surface area contributed by atoms with Gasteiger partial charge in [0.25, 0.3) is 0 Å². The molecule has 4 aliphatic rings. The zero-order chi connectivity index (χ0) is 36.7. The van der Waals surface area contributed by atoms with Crippen LogP contribution in [0.15, 0.2) is 78.4 Å². The number of nitrogens with zero attached hydrogens (tertiary/aromatic N) is 2. The number of ether oxygens (including phenoxy) is 2. The van der Waals surface area contributed by atoms with Gasteiger partial charge in [0.2, 0.25) is 0 Å². The Labute approximate surface area is 303 Å². The minimum absolute atomic E-state index is 0.0306. The highest BCUT2D eigenvalue weighted by Gasteiger charge is 2.39. The number of methoxy groups -OCH3 is 1. The van der Waals surface area contributed by atoms with Crippen molar-refractivity contribution in [2.75, 3.05) is 39.8 Å². The Morgan fingerprint density at radius 2 is 1.67 bits per heavy atom. The van der Waals surface area contributed by atoms with Gasteiger partial charge in [-0.3, -0.25) is 15.1 Å². The number of carbonyl (C=O) groups excluding carboxylic acids is 2. The van der Waals surface area contributed by atoms with E-state index >= 15 is 0 Å². The third-order valence-corrected chi connectivity index (χ3v) is 10.9. The molecule has 1 atom stereocenters. The molecular weight excluding hydrogens is 656 g/mol. The molecule has 268 valence electrons. The van der Waals surface area contributed by atoms with E-state index in [1.54, 1.807) is 23.1 Å². The highest BCUT2D eigenvalue weighted by molar-refractivity contribution is 6.32. The molecule has 3 aromatic rings. The lowest BCUT2D eigenvalue weighted by Gasteiger charge is -2.37. The molecule has 1 fully saturated rings. The molecule has 1 amide bonds. The summed E-state index contributed by atoms with van der Waals surface area (Å²) in [5, 5.41) is 40.8. The number of carbonyl (C=O) groups is 2. The van der Waals surface area contributed by atoms with Gasteiger partial charge in [-0.25, -0.2) is 4.79 Å². The minimum Gasteiger partial charge on any atom is -0.507 e. The number of fused-ring (bicyclic) bond motifs is 3. The Kier molecular flexibility index (Phi) is 9.35. The van der Waals surface area contributed by atoms with Gasteiger partial charge in [-0.15, -0.1) is 0 Å². The van der Waals surface area contributed by atoms with Gasteiger partial charge in [0.1, 0.15) is 22.8 Å². The Morgan fingerprint density at radius 1 is 0.942 bits per heavy atom. The number of phenolic OH excluding ortho intramolecular Hbond substituents is 2. The molecule has 0 saturated carbocycles. The van der Waals surface area contributed by atoms with Crippen LogP contribution in [-0.2, 0) is 17.6 Å². The Bertz CT molecular complexity index is 2070. The van der Waals surface area contributed by atoms with E-state index in [-0.39, 0.29) is 45.9 Å². The fraction of sp³-hybridized carbons (Fsp3) is 0.333. The van der Waals surface area contributed by atoms with Crippen LogP contribution in [0.1, 0.15) is 70.4 Å². The second kappa shape index (κ2) is 13.9. The van der Waals surface area contributed by atoms with Gasteiger partial charge in [0, 0.05) is 61.0 Å². The zero-order valence-corrected chi connectivity index (χ0v) is 29.8. The third-order valence-electron chi connectivity index (χ3n) is 10.9. The topological polar surface area (TPSA) is 147 Å². The van der Waals surface area contributed by atoms with Crippen LogP contribution in [0, 0.1) is 16.7 Å². The normalized spacial score (nSPS) is 18.8. The summed E-state index contributed by atoms with van der Waals surface area (Å²) < 4.78 is 11.5. The van der Waals surface area contributed by atoms with Crippen LogP contribution in [0.5, 0.6) is 17.2 Å². The molecule has 0 spiro atoms. The summed E-state index contributed by atoms with van der Waals surface area (Å²) in [5.74, 6) is -0.685. The van der Waals surface area contributed by atoms with Crippen molar-refractivity contribution < 1.29 is 29.3 Å². The Balaban J connectivity index is 0.971. The number of hydrogen-bond donors (Lipinski definition) is 4. The monoisotopic (exact) mass is 700 g/mol. The molecule has 1 heterocycles. The van der Waals surface area contributed by atoms with Gasteiger partial charge in [-0.2, -0.15) is 0 Å². The highest BCUT2D eigenvalue weighted by Crippen LogP contribution is 2.47. The first-order chi connectivity index (χ1) is 25.0. The molecule has 4 N–H and O–H groups in total. The maximum Gasteiger partial charge on any atom is 0.410 e. The lowest BCUT2D eigenvalue weighted by atomic mass is 9.74. The lowest BCUT2D eigenvalue weighted by molar-refractivity contribution is 0.0258. The second-order valence-corrected chi connectivity index (χ2v) is 14.4. The molecule has 0 bridgehead atoms. The summed E-state index contributed by atoms with van der Waals surface area (Å²) in [4.78, 5) is 30.8. The van der Waals surface area contributed by atoms with Gasteiger partial charge in [0.15, 0.2) is 5.78 Å². The molecule has 10 nitrogen and oxygen atoms in total. The molecule has 3 aromatic carbocycles. The van der Waals surface area contributed by atoms with Crippen LogP contribution < -0.4 is 4.74 Å². The van der Waals surface area contributed by atoms with E-state index in [9.17, 15) is 19.8 Å². The van der Waals surface area contributed by atoms with Crippen molar-refractivity contribution in [3.63, 3.8) is 0 Å². The van der Waals surface area contributed by atoms with E-state index in [2.05, 4.69) is 29.2 Å². The summed E-state index contributed by atoms with van der Waals surface area (Å²) in [6, 6.07) is 15.2. The van der Waals surface area contributed by atoms with Crippen molar-refractivity contribution in [1.29, 1.82) is 10.8 Å². The summed E-state index contributed by atoms with van der Waals surface area (Å²) in [5.41, 5.74) is 4.39. The highest BCUT2D eigenvalue weighted by atomic mass is 16.6. The van der Waals surface area contributed by atoms with Crippen LogP contribution >= 0.6 is 0 Å². The average Bonchev–Trinajstić information content (AvgIpc) is 3.42. The summed E-state index contributed by atoms with van der Waals surface area (Å²) in [6.45, 7) is 6.36. The molecule has 3 aliphatic carbocycles. The van der Waals surface area contributed by atoms with Crippen molar-refractivity contribution in [2.24, 2.45) is 5.92 Å². The molecule has 52 heavy (non-hydrogen) atoms. The number of nitrogens with one attached hydrogen (secondary N) is 2. The lowest BCUT2D eigenvalue weighted by Crippen LogP contribution is -2.51. The molecule has 10 heteroatoms. The number of aromatic hydroxyl groups is 2. The van der Waals surface area contributed by atoms with Crippen molar-refractivity contribution >= 4 is 28.9 Å². The predicted octanol–water partition coefficient (Wildman–Crippen LogP) is 6.69. The minimum atomic E-state index is -0.826. The van der Waals surface area contributed by atoms with Gasteiger partial charge in [-0.1, -0.05) is 66.8 Å². The summed E-state index contributed by atoms with van der Waals surface area (Å²) >= 11 is 0.